The Labute approximate surface area is 203 Å². The van der Waals surface area contributed by atoms with E-state index in [4.69, 9.17) is 18.9 Å². The zero-order valence-corrected chi connectivity index (χ0v) is 20.8. The molecule has 180 valence electrons. The van der Waals surface area contributed by atoms with Gasteiger partial charge in [0.1, 0.15) is 16.3 Å². The normalized spacial score (nSPS) is 10.6. The van der Waals surface area contributed by atoms with Gasteiger partial charge in [-0.2, -0.15) is 0 Å². The Kier molecular flexibility index (Phi) is 8.54. The molecular formula is C26H29NO6S. The van der Waals surface area contributed by atoms with Gasteiger partial charge < -0.3 is 24.3 Å². The molecule has 3 rings (SSSR count). The molecule has 0 spiro atoms. The second kappa shape index (κ2) is 11.6. The van der Waals surface area contributed by atoms with Crippen LogP contribution in [0.1, 0.15) is 42.6 Å². The monoisotopic (exact) mass is 483 g/mol. The summed E-state index contributed by atoms with van der Waals surface area (Å²) in [7, 11) is 3.10. The van der Waals surface area contributed by atoms with Gasteiger partial charge >= 0.3 is 5.97 Å². The molecule has 3 aromatic rings. The van der Waals surface area contributed by atoms with Crippen LogP contribution in [0, 0.1) is 0 Å². The van der Waals surface area contributed by atoms with E-state index in [1.807, 2.05) is 30.3 Å². The van der Waals surface area contributed by atoms with Crippen LogP contribution in [0.15, 0.2) is 47.8 Å². The van der Waals surface area contributed by atoms with Crippen molar-refractivity contribution in [2.75, 3.05) is 32.8 Å². The van der Waals surface area contributed by atoms with E-state index >= 15 is 0 Å². The van der Waals surface area contributed by atoms with E-state index in [0.29, 0.717) is 33.7 Å². The molecule has 34 heavy (non-hydrogen) atoms. The molecule has 0 radical (unpaired) electrons. The van der Waals surface area contributed by atoms with E-state index in [-0.39, 0.29) is 24.7 Å². The van der Waals surface area contributed by atoms with Crippen LogP contribution in [-0.2, 0) is 9.53 Å². The second-order valence-corrected chi connectivity index (χ2v) is 8.59. The van der Waals surface area contributed by atoms with Crippen molar-refractivity contribution in [3.05, 3.63) is 59.0 Å². The Morgan fingerprint density at radius 3 is 2.47 bits per heavy atom. The minimum absolute atomic E-state index is 0.187. The van der Waals surface area contributed by atoms with Crippen LogP contribution in [0.5, 0.6) is 17.2 Å². The molecule has 0 saturated carbocycles. The maximum Gasteiger partial charge on any atom is 0.341 e. The Morgan fingerprint density at radius 1 is 1.03 bits per heavy atom. The van der Waals surface area contributed by atoms with Crippen molar-refractivity contribution in [1.29, 1.82) is 0 Å². The number of carbonyl (C=O) groups excluding carboxylic acids is 2. The van der Waals surface area contributed by atoms with Crippen molar-refractivity contribution in [2.45, 2.75) is 26.7 Å². The van der Waals surface area contributed by atoms with Crippen molar-refractivity contribution in [2.24, 2.45) is 0 Å². The number of carbonyl (C=O) groups is 2. The average Bonchev–Trinajstić information content (AvgIpc) is 3.26. The van der Waals surface area contributed by atoms with Gasteiger partial charge in [-0.25, -0.2) is 4.79 Å². The number of ether oxygens (including phenoxy) is 4. The van der Waals surface area contributed by atoms with Gasteiger partial charge in [0, 0.05) is 10.9 Å². The second-order valence-electron chi connectivity index (χ2n) is 7.71. The molecule has 0 unspecified atom stereocenters. The molecule has 8 heteroatoms. The molecule has 0 atom stereocenters. The van der Waals surface area contributed by atoms with E-state index in [1.54, 1.807) is 38.7 Å². The maximum atomic E-state index is 12.8. The van der Waals surface area contributed by atoms with Gasteiger partial charge in [-0.1, -0.05) is 32.0 Å². The van der Waals surface area contributed by atoms with Crippen LogP contribution in [-0.4, -0.2) is 39.3 Å². The van der Waals surface area contributed by atoms with Gasteiger partial charge in [0.15, 0.2) is 18.1 Å². The summed E-state index contributed by atoms with van der Waals surface area (Å²) in [5, 5.41) is 4.99. The van der Waals surface area contributed by atoms with E-state index in [9.17, 15) is 9.59 Å². The summed E-state index contributed by atoms with van der Waals surface area (Å²) in [5.41, 5.74) is 2.78. The third-order valence-corrected chi connectivity index (χ3v) is 6.01. The molecule has 1 N–H and O–H groups in total. The summed E-state index contributed by atoms with van der Waals surface area (Å²) in [5.74, 6) is 1.18. The van der Waals surface area contributed by atoms with E-state index < -0.39 is 5.97 Å². The topological polar surface area (TPSA) is 83.1 Å². The zero-order valence-electron chi connectivity index (χ0n) is 20.0. The van der Waals surface area contributed by atoms with Crippen molar-refractivity contribution < 1.29 is 28.5 Å². The highest BCUT2D eigenvalue weighted by Crippen LogP contribution is 2.39. The van der Waals surface area contributed by atoms with Gasteiger partial charge in [0.25, 0.3) is 5.91 Å². The summed E-state index contributed by atoms with van der Waals surface area (Å²) in [4.78, 5) is 25.5. The van der Waals surface area contributed by atoms with Crippen molar-refractivity contribution >= 4 is 28.2 Å². The molecule has 2 aromatic carbocycles. The summed E-state index contributed by atoms with van der Waals surface area (Å²) >= 11 is 1.24. The molecule has 0 aliphatic carbocycles. The van der Waals surface area contributed by atoms with Crippen LogP contribution >= 0.6 is 11.3 Å². The number of hydrogen-bond acceptors (Lipinski definition) is 7. The largest absolute Gasteiger partial charge is 0.493 e. The lowest BCUT2D eigenvalue weighted by molar-refractivity contribution is -0.118. The fraction of sp³-hybridized carbons (Fsp3) is 0.308. The summed E-state index contributed by atoms with van der Waals surface area (Å²) < 4.78 is 21.6. The average molecular weight is 484 g/mol. The van der Waals surface area contributed by atoms with E-state index in [1.165, 1.54) is 11.3 Å². The number of thiophene rings is 1. The number of rotatable bonds is 10. The molecule has 1 heterocycles. The lowest BCUT2D eigenvalue weighted by Crippen LogP contribution is -2.21. The fourth-order valence-corrected chi connectivity index (χ4v) is 4.32. The van der Waals surface area contributed by atoms with Gasteiger partial charge in [0.05, 0.1) is 20.8 Å². The fourth-order valence-electron chi connectivity index (χ4n) is 3.35. The van der Waals surface area contributed by atoms with Crippen molar-refractivity contribution in [3.63, 3.8) is 0 Å². The Bertz CT molecular complexity index is 1150. The molecule has 0 bridgehead atoms. The van der Waals surface area contributed by atoms with Gasteiger partial charge in [0.2, 0.25) is 0 Å². The molecule has 1 aromatic heterocycles. The lowest BCUT2D eigenvalue weighted by Gasteiger charge is -2.12. The molecule has 1 amide bonds. The van der Waals surface area contributed by atoms with Crippen LogP contribution in [0.4, 0.5) is 5.00 Å². The molecule has 0 aliphatic rings. The number of amides is 1. The molecule has 0 saturated heterocycles. The summed E-state index contributed by atoms with van der Waals surface area (Å²) in [6, 6.07) is 13.0. The number of esters is 1. The standard InChI is InChI=1S/C26H29NO6S/c1-6-32-26(29)24-20(18-10-11-21(30-4)22(13-18)31-5)15-34-25(24)27-23(28)14-33-19-9-7-8-17(12-19)16(2)3/h7-13,15-16H,6,14H2,1-5H3,(H,27,28). The number of methoxy groups -OCH3 is 2. The molecule has 0 aliphatic heterocycles. The van der Waals surface area contributed by atoms with Crippen LogP contribution in [0.3, 0.4) is 0 Å². The van der Waals surface area contributed by atoms with E-state index in [0.717, 1.165) is 11.1 Å². The SMILES string of the molecule is CCOC(=O)c1c(-c2ccc(OC)c(OC)c2)csc1NC(=O)COc1cccc(C(C)C)c1. The van der Waals surface area contributed by atoms with Gasteiger partial charge in [-0.15, -0.1) is 11.3 Å². The first-order valence-electron chi connectivity index (χ1n) is 10.9. The minimum atomic E-state index is -0.519. The predicted octanol–water partition coefficient (Wildman–Crippen LogP) is 5.75. The number of benzene rings is 2. The third kappa shape index (κ3) is 5.88. The first-order valence-corrected chi connectivity index (χ1v) is 11.8. The number of hydrogen-bond donors (Lipinski definition) is 1. The van der Waals surface area contributed by atoms with Gasteiger partial charge in [-0.05, 0) is 48.2 Å². The van der Waals surface area contributed by atoms with Crippen molar-refractivity contribution in [1.82, 2.24) is 0 Å². The highest BCUT2D eigenvalue weighted by Gasteiger charge is 2.23. The zero-order chi connectivity index (χ0) is 24.7. The smallest absolute Gasteiger partial charge is 0.341 e. The first-order chi connectivity index (χ1) is 16.4. The minimum Gasteiger partial charge on any atom is -0.493 e. The summed E-state index contributed by atoms with van der Waals surface area (Å²) in [6.07, 6.45) is 0. The molecular weight excluding hydrogens is 454 g/mol. The van der Waals surface area contributed by atoms with Crippen LogP contribution < -0.4 is 19.5 Å². The Morgan fingerprint density at radius 2 is 1.79 bits per heavy atom. The Hall–Kier alpha value is -3.52. The third-order valence-electron chi connectivity index (χ3n) is 5.11. The first kappa shape index (κ1) is 25.1. The highest BCUT2D eigenvalue weighted by atomic mass is 32.1. The molecule has 7 nitrogen and oxygen atoms in total. The Balaban J connectivity index is 1.83. The number of nitrogens with one attached hydrogen (secondary N) is 1. The lowest BCUT2D eigenvalue weighted by atomic mass is 10.0. The summed E-state index contributed by atoms with van der Waals surface area (Å²) in [6.45, 7) is 5.94. The van der Waals surface area contributed by atoms with Crippen LogP contribution in [0.25, 0.3) is 11.1 Å². The van der Waals surface area contributed by atoms with Crippen LogP contribution in [0.2, 0.25) is 0 Å². The van der Waals surface area contributed by atoms with E-state index in [2.05, 4.69) is 19.2 Å². The molecule has 0 fully saturated rings. The van der Waals surface area contributed by atoms with Crippen molar-refractivity contribution in [3.8, 4) is 28.4 Å². The quantitative estimate of drug-likeness (QED) is 0.370. The number of anilines is 1. The van der Waals surface area contributed by atoms with Gasteiger partial charge in [-0.3, -0.25) is 4.79 Å². The maximum absolute atomic E-state index is 12.8. The highest BCUT2D eigenvalue weighted by molar-refractivity contribution is 7.15. The predicted molar refractivity (Wildman–Crippen MR) is 133 cm³/mol.